The van der Waals surface area contributed by atoms with E-state index in [0.717, 1.165) is 17.1 Å². The van der Waals surface area contributed by atoms with Crippen molar-refractivity contribution in [2.45, 2.75) is 19.3 Å². The van der Waals surface area contributed by atoms with Gasteiger partial charge in [0.15, 0.2) is 0 Å². The van der Waals surface area contributed by atoms with Crippen LogP contribution in [0.1, 0.15) is 25.0 Å². The van der Waals surface area contributed by atoms with E-state index in [4.69, 9.17) is 0 Å². The van der Waals surface area contributed by atoms with Crippen molar-refractivity contribution in [2.24, 2.45) is 0 Å². The Morgan fingerprint density at radius 3 is 1.93 bits per heavy atom. The zero-order chi connectivity index (χ0) is 29.4. The lowest BCUT2D eigenvalue weighted by molar-refractivity contribution is 0.660. The summed E-state index contributed by atoms with van der Waals surface area (Å²) >= 11 is 0. The van der Waals surface area contributed by atoms with E-state index < -0.39 is 0 Å². The first-order valence-corrected chi connectivity index (χ1v) is 15.3. The Labute approximate surface area is 257 Å². The summed E-state index contributed by atoms with van der Waals surface area (Å²) in [5, 5.41) is 2.64. The highest BCUT2D eigenvalue weighted by Crippen LogP contribution is 2.52. The number of hydrogen-bond donors (Lipinski definition) is 0. The number of benzene rings is 6. The molecule has 208 valence electrons. The van der Waals surface area contributed by atoms with Crippen LogP contribution in [-0.2, 0) is 5.41 Å². The molecule has 0 aliphatic heterocycles. The molecule has 0 fully saturated rings. The van der Waals surface area contributed by atoms with Crippen molar-refractivity contribution in [3.05, 3.63) is 157 Å². The number of nitrogens with zero attached hydrogens (tertiary/aromatic N) is 2. The van der Waals surface area contributed by atoms with Gasteiger partial charge in [-0.1, -0.05) is 111 Å². The summed E-state index contributed by atoms with van der Waals surface area (Å²) in [6, 6.07) is 49.0. The third-order valence-electron chi connectivity index (χ3n) is 9.69. The largest absolute Gasteiger partial charge is 0.309 e. The number of fused-ring (bicyclic) bond motifs is 6. The van der Waals surface area contributed by atoms with E-state index in [1.54, 1.807) is 0 Å². The van der Waals surface area contributed by atoms with Gasteiger partial charge in [-0.2, -0.15) is 0 Å². The van der Waals surface area contributed by atoms with Crippen LogP contribution in [0.15, 0.2) is 146 Å². The van der Waals surface area contributed by atoms with Crippen LogP contribution in [0.2, 0.25) is 0 Å². The second-order valence-corrected chi connectivity index (χ2v) is 12.4. The first kappa shape index (κ1) is 25.1. The fraction of sp³-hybridized carbons (Fsp3) is 0.0714. The van der Waals surface area contributed by atoms with E-state index in [2.05, 4.69) is 151 Å². The molecule has 0 N–H and O–H groups in total. The van der Waals surface area contributed by atoms with Crippen LogP contribution in [0.4, 0.5) is 17.1 Å². The van der Waals surface area contributed by atoms with Gasteiger partial charge in [0.2, 0.25) is 0 Å². The molecular weight excluding hydrogens is 532 g/mol. The molecule has 2 heteroatoms. The Balaban J connectivity index is 1.21. The van der Waals surface area contributed by atoms with E-state index in [1.807, 2.05) is 18.5 Å². The highest BCUT2D eigenvalue weighted by Gasteiger charge is 2.35. The van der Waals surface area contributed by atoms with E-state index in [9.17, 15) is 0 Å². The van der Waals surface area contributed by atoms with Crippen LogP contribution in [0.3, 0.4) is 0 Å². The van der Waals surface area contributed by atoms with Crippen molar-refractivity contribution in [2.75, 3.05) is 4.90 Å². The number of anilines is 3. The second kappa shape index (κ2) is 9.26. The molecule has 6 aromatic carbocycles. The second-order valence-electron chi connectivity index (χ2n) is 12.4. The minimum absolute atomic E-state index is 0.0768. The van der Waals surface area contributed by atoms with Gasteiger partial charge in [0, 0.05) is 23.0 Å². The average molecular weight is 563 g/mol. The van der Waals surface area contributed by atoms with Crippen LogP contribution in [-0.4, -0.2) is 4.98 Å². The van der Waals surface area contributed by atoms with Crippen LogP contribution in [0.5, 0.6) is 0 Å². The van der Waals surface area contributed by atoms with Crippen molar-refractivity contribution >= 4 is 27.8 Å². The molecule has 44 heavy (non-hydrogen) atoms. The molecule has 0 atom stereocenters. The van der Waals surface area contributed by atoms with Crippen LogP contribution >= 0.6 is 0 Å². The van der Waals surface area contributed by atoms with Gasteiger partial charge in [-0.15, -0.1) is 0 Å². The maximum absolute atomic E-state index is 4.52. The van der Waals surface area contributed by atoms with E-state index in [0.29, 0.717) is 0 Å². The Kier molecular flexibility index (Phi) is 5.28. The van der Waals surface area contributed by atoms with Gasteiger partial charge >= 0.3 is 0 Å². The zero-order valence-corrected chi connectivity index (χ0v) is 24.8. The highest BCUT2D eigenvalue weighted by molar-refractivity contribution is 6.18. The monoisotopic (exact) mass is 562 g/mol. The predicted molar refractivity (Wildman–Crippen MR) is 184 cm³/mol. The van der Waals surface area contributed by atoms with Gasteiger partial charge in [0.25, 0.3) is 0 Å². The predicted octanol–water partition coefficient (Wildman–Crippen LogP) is 11.3. The fourth-order valence-electron chi connectivity index (χ4n) is 7.64. The smallest absolute Gasteiger partial charge is 0.0644 e. The van der Waals surface area contributed by atoms with Crippen molar-refractivity contribution in [1.29, 1.82) is 0 Å². The van der Waals surface area contributed by atoms with Crippen LogP contribution < -0.4 is 4.90 Å². The molecule has 1 aromatic heterocycles. The minimum Gasteiger partial charge on any atom is -0.309 e. The van der Waals surface area contributed by atoms with Crippen molar-refractivity contribution < 1.29 is 0 Å². The van der Waals surface area contributed by atoms with Gasteiger partial charge in [0.1, 0.15) is 0 Å². The molecule has 0 unspecified atom stereocenters. The van der Waals surface area contributed by atoms with Crippen molar-refractivity contribution in [1.82, 2.24) is 4.98 Å². The summed E-state index contributed by atoms with van der Waals surface area (Å²) in [5.41, 5.74) is 16.3. The molecule has 2 aliphatic rings. The summed E-state index contributed by atoms with van der Waals surface area (Å²) in [6.45, 7) is 4.68. The maximum Gasteiger partial charge on any atom is 0.0644 e. The summed E-state index contributed by atoms with van der Waals surface area (Å²) in [7, 11) is 0. The zero-order valence-electron chi connectivity index (χ0n) is 24.8. The van der Waals surface area contributed by atoms with Gasteiger partial charge in [-0.25, -0.2) is 0 Å². The summed E-state index contributed by atoms with van der Waals surface area (Å²) in [5.74, 6) is 0. The fourth-order valence-corrected chi connectivity index (χ4v) is 7.64. The molecule has 2 aliphatic carbocycles. The third kappa shape index (κ3) is 3.52. The molecule has 0 spiro atoms. The average Bonchev–Trinajstić information content (AvgIpc) is 3.52. The lowest BCUT2D eigenvalue weighted by Gasteiger charge is -2.28. The molecule has 9 rings (SSSR count). The Morgan fingerprint density at radius 2 is 1.11 bits per heavy atom. The highest BCUT2D eigenvalue weighted by atomic mass is 15.1. The summed E-state index contributed by atoms with van der Waals surface area (Å²) in [6.07, 6.45) is 3.79. The third-order valence-corrected chi connectivity index (χ3v) is 9.69. The topological polar surface area (TPSA) is 16.1 Å². The van der Waals surface area contributed by atoms with E-state index >= 15 is 0 Å². The van der Waals surface area contributed by atoms with E-state index in [1.165, 1.54) is 66.4 Å². The van der Waals surface area contributed by atoms with Crippen molar-refractivity contribution in [3.63, 3.8) is 0 Å². The first-order chi connectivity index (χ1) is 21.6. The molecule has 0 saturated carbocycles. The SMILES string of the molecule is CC1(C)c2ccccc2-c2ccc(N(c3cccnc3)c3cccc(-c4ccc5c6c(cccc46)-c4ccccc4-5)c3)cc21. The maximum atomic E-state index is 4.52. The first-order valence-electron chi connectivity index (χ1n) is 15.3. The Morgan fingerprint density at radius 1 is 0.477 bits per heavy atom. The molecule has 0 amide bonds. The Hall–Kier alpha value is -5.47. The summed E-state index contributed by atoms with van der Waals surface area (Å²) < 4.78 is 0. The Bertz CT molecular complexity index is 2230. The number of hydrogen-bond acceptors (Lipinski definition) is 2. The minimum atomic E-state index is -0.0768. The lowest BCUT2D eigenvalue weighted by Crippen LogP contribution is -2.16. The van der Waals surface area contributed by atoms with Crippen LogP contribution in [0, 0.1) is 0 Å². The van der Waals surface area contributed by atoms with Crippen molar-refractivity contribution in [3.8, 4) is 44.5 Å². The van der Waals surface area contributed by atoms with Gasteiger partial charge in [-0.05, 0) is 103 Å². The van der Waals surface area contributed by atoms with Gasteiger partial charge in [0.05, 0.1) is 11.9 Å². The lowest BCUT2D eigenvalue weighted by atomic mass is 9.82. The van der Waals surface area contributed by atoms with Gasteiger partial charge in [-0.3, -0.25) is 4.98 Å². The number of aromatic nitrogens is 1. The number of pyridine rings is 1. The summed E-state index contributed by atoms with van der Waals surface area (Å²) in [4.78, 5) is 6.86. The molecule has 7 aromatic rings. The van der Waals surface area contributed by atoms with Gasteiger partial charge < -0.3 is 4.90 Å². The quantitative estimate of drug-likeness (QED) is 0.212. The normalized spacial score (nSPS) is 13.4. The molecule has 0 bridgehead atoms. The molecule has 1 heterocycles. The molecule has 0 saturated heterocycles. The molecule has 2 nitrogen and oxygen atoms in total. The van der Waals surface area contributed by atoms with E-state index in [-0.39, 0.29) is 5.41 Å². The standard InChI is InChI=1S/C42H30N2/c1-42(2)39-18-6-5-15-34(39)35-20-19-29(25-40(35)42)44(30-12-9-23-43-26-30)28-11-7-10-27(24-28)31-21-22-38-33-14-4-3-13-32(33)37-17-8-16-36(31)41(37)38/h3-26H,1-2H3. The van der Waals surface area contributed by atoms with Crippen LogP contribution in [0.25, 0.3) is 55.3 Å². The number of rotatable bonds is 4. The molecule has 0 radical (unpaired) electrons. The molecular formula is C42H30N2.